The molecule has 0 atom stereocenters. The summed E-state index contributed by atoms with van der Waals surface area (Å²) in [5.74, 6) is -0.180. The van der Waals surface area contributed by atoms with E-state index in [1.54, 1.807) is 0 Å². The van der Waals surface area contributed by atoms with Crippen LogP contribution < -0.4 is 0 Å². The Kier molecular flexibility index (Phi) is 5.69. The molecule has 0 saturated heterocycles. The lowest BCUT2D eigenvalue weighted by atomic mass is 9.82. The Morgan fingerprint density at radius 1 is 1.35 bits per heavy atom. The van der Waals surface area contributed by atoms with Crippen molar-refractivity contribution in [3.63, 3.8) is 0 Å². The van der Waals surface area contributed by atoms with Crippen LogP contribution in [0.3, 0.4) is 0 Å². The molecular formula is C14H24O3. The first kappa shape index (κ1) is 14.2. The molecule has 3 nitrogen and oxygen atoms in total. The normalized spacial score (nSPS) is 19.1. The summed E-state index contributed by atoms with van der Waals surface area (Å²) in [5, 5.41) is 0. The van der Waals surface area contributed by atoms with E-state index in [1.807, 2.05) is 6.92 Å². The number of rotatable bonds is 6. The molecule has 0 aliphatic heterocycles. The SMILES string of the molecule is C=C1CCC(OCC)(C(=O)OCCCC)CC1. The fourth-order valence-corrected chi connectivity index (χ4v) is 2.13. The van der Waals surface area contributed by atoms with Gasteiger partial charge in [0.25, 0.3) is 0 Å². The van der Waals surface area contributed by atoms with Crippen LogP contribution in [0.2, 0.25) is 0 Å². The molecule has 3 heteroatoms. The Bertz CT molecular complexity index is 261. The third-order valence-electron chi connectivity index (χ3n) is 3.29. The standard InChI is InChI=1S/C14H24O3/c1-4-6-11-16-13(15)14(17-5-2)9-7-12(3)8-10-14/h3-11H2,1-2H3. The zero-order chi connectivity index (χ0) is 12.7. The zero-order valence-electron chi connectivity index (χ0n) is 11.1. The molecule has 0 heterocycles. The van der Waals surface area contributed by atoms with Crippen molar-refractivity contribution < 1.29 is 14.3 Å². The van der Waals surface area contributed by atoms with Gasteiger partial charge in [-0.2, -0.15) is 0 Å². The number of carbonyl (C=O) groups is 1. The van der Waals surface area contributed by atoms with Crippen LogP contribution in [-0.2, 0) is 14.3 Å². The fraction of sp³-hybridized carbons (Fsp3) is 0.786. The van der Waals surface area contributed by atoms with E-state index in [4.69, 9.17) is 9.47 Å². The van der Waals surface area contributed by atoms with E-state index in [1.165, 1.54) is 5.57 Å². The molecule has 0 unspecified atom stereocenters. The van der Waals surface area contributed by atoms with Gasteiger partial charge in [0.15, 0.2) is 5.60 Å². The second-order valence-electron chi connectivity index (χ2n) is 4.67. The number of allylic oxidation sites excluding steroid dienone is 1. The van der Waals surface area contributed by atoms with E-state index in [2.05, 4.69) is 13.5 Å². The van der Waals surface area contributed by atoms with Gasteiger partial charge in [0.2, 0.25) is 0 Å². The van der Waals surface area contributed by atoms with Gasteiger partial charge >= 0.3 is 5.97 Å². The van der Waals surface area contributed by atoms with Crippen molar-refractivity contribution in [1.82, 2.24) is 0 Å². The van der Waals surface area contributed by atoms with Crippen LogP contribution in [-0.4, -0.2) is 24.8 Å². The molecule has 0 aromatic heterocycles. The summed E-state index contributed by atoms with van der Waals surface area (Å²) < 4.78 is 11.0. The van der Waals surface area contributed by atoms with E-state index in [0.717, 1.165) is 25.7 Å². The maximum absolute atomic E-state index is 12.1. The van der Waals surface area contributed by atoms with Gasteiger partial charge in [0.1, 0.15) is 0 Å². The molecule has 0 amide bonds. The molecule has 0 radical (unpaired) electrons. The van der Waals surface area contributed by atoms with E-state index < -0.39 is 5.60 Å². The first-order chi connectivity index (χ1) is 8.14. The zero-order valence-corrected chi connectivity index (χ0v) is 11.1. The lowest BCUT2D eigenvalue weighted by Gasteiger charge is -2.35. The molecular weight excluding hydrogens is 216 g/mol. The van der Waals surface area contributed by atoms with Gasteiger partial charge in [-0.15, -0.1) is 0 Å². The smallest absolute Gasteiger partial charge is 0.338 e. The molecule has 1 saturated carbocycles. The van der Waals surface area contributed by atoms with Crippen molar-refractivity contribution in [2.45, 2.75) is 58.0 Å². The van der Waals surface area contributed by atoms with Crippen LogP contribution in [0.1, 0.15) is 52.4 Å². The van der Waals surface area contributed by atoms with Crippen LogP contribution in [0.4, 0.5) is 0 Å². The number of esters is 1. The van der Waals surface area contributed by atoms with E-state index in [0.29, 0.717) is 26.1 Å². The summed E-state index contributed by atoms with van der Waals surface area (Å²) in [6.07, 6.45) is 5.10. The van der Waals surface area contributed by atoms with E-state index in [-0.39, 0.29) is 5.97 Å². The molecule has 98 valence electrons. The van der Waals surface area contributed by atoms with E-state index in [9.17, 15) is 4.79 Å². The average molecular weight is 240 g/mol. The number of ether oxygens (including phenoxy) is 2. The highest BCUT2D eigenvalue weighted by molar-refractivity contribution is 5.80. The average Bonchev–Trinajstić information content (AvgIpc) is 2.33. The molecule has 0 aromatic rings. The van der Waals surface area contributed by atoms with Crippen molar-refractivity contribution in [2.24, 2.45) is 0 Å². The highest BCUT2D eigenvalue weighted by Gasteiger charge is 2.42. The molecule has 1 fully saturated rings. The number of carbonyl (C=O) groups excluding carboxylic acids is 1. The second kappa shape index (κ2) is 6.80. The monoisotopic (exact) mass is 240 g/mol. The van der Waals surface area contributed by atoms with Crippen LogP contribution in [0, 0.1) is 0 Å². The molecule has 1 rings (SSSR count). The molecule has 0 spiro atoms. The minimum absolute atomic E-state index is 0.180. The largest absolute Gasteiger partial charge is 0.464 e. The third kappa shape index (κ3) is 3.84. The molecule has 0 aromatic carbocycles. The molecule has 1 aliphatic carbocycles. The van der Waals surface area contributed by atoms with Gasteiger partial charge in [-0.3, -0.25) is 0 Å². The summed E-state index contributed by atoms with van der Waals surface area (Å²) in [6.45, 7) is 9.02. The third-order valence-corrected chi connectivity index (χ3v) is 3.29. The summed E-state index contributed by atoms with van der Waals surface area (Å²) in [7, 11) is 0. The molecule has 17 heavy (non-hydrogen) atoms. The Morgan fingerprint density at radius 2 is 2.00 bits per heavy atom. The van der Waals surface area contributed by atoms with Crippen LogP contribution >= 0.6 is 0 Å². The highest BCUT2D eigenvalue weighted by atomic mass is 16.6. The molecule has 0 bridgehead atoms. The van der Waals surface area contributed by atoms with Crippen molar-refractivity contribution in [1.29, 1.82) is 0 Å². The quantitative estimate of drug-likeness (QED) is 0.406. The summed E-state index contributed by atoms with van der Waals surface area (Å²) in [5.41, 5.74) is 0.505. The Balaban J connectivity index is 2.57. The fourth-order valence-electron chi connectivity index (χ4n) is 2.13. The van der Waals surface area contributed by atoms with Gasteiger partial charge < -0.3 is 9.47 Å². The van der Waals surface area contributed by atoms with Crippen molar-refractivity contribution in [3.8, 4) is 0 Å². The Morgan fingerprint density at radius 3 is 2.53 bits per heavy atom. The number of hydrogen-bond donors (Lipinski definition) is 0. The van der Waals surface area contributed by atoms with Gasteiger partial charge in [0.05, 0.1) is 6.61 Å². The lowest BCUT2D eigenvalue weighted by Crippen LogP contribution is -2.45. The summed E-state index contributed by atoms with van der Waals surface area (Å²) >= 11 is 0. The maximum atomic E-state index is 12.1. The summed E-state index contributed by atoms with van der Waals surface area (Å²) in [6, 6.07) is 0. The lowest BCUT2D eigenvalue weighted by molar-refractivity contribution is -0.175. The Hall–Kier alpha value is -0.830. The predicted octanol–water partition coefficient (Wildman–Crippen LogP) is 3.24. The minimum atomic E-state index is -0.705. The van der Waals surface area contributed by atoms with Crippen LogP contribution in [0.5, 0.6) is 0 Å². The van der Waals surface area contributed by atoms with E-state index >= 15 is 0 Å². The maximum Gasteiger partial charge on any atom is 0.338 e. The Labute approximate surface area is 104 Å². The highest BCUT2D eigenvalue weighted by Crippen LogP contribution is 2.35. The van der Waals surface area contributed by atoms with Crippen LogP contribution in [0.15, 0.2) is 12.2 Å². The van der Waals surface area contributed by atoms with Gasteiger partial charge in [-0.05, 0) is 39.0 Å². The molecule has 1 aliphatic rings. The first-order valence-corrected chi connectivity index (χ1v) is 6.62. The predicted molar refractivity (Wildman–Crippen MR) is 67.8 cm³/mol. The second-order valence-corrected chi connectivity index (χ2v) is 4.67. The number of hydrogen-bond acceptors (Lipinski definition) is 3. The first-order valence-electron chi connectivity index (χ1n) is 6.62. The van der Waals surface area contributed by atoms with Gasteiger partial charge in [-0.1, -0.05) is 25.5 Å². The molecule has 0 N–H and O–H groups in total. The minimum Gasteiger partial charge on any atom is -0.464 e. The van der Waals surface area contributed by atoms with Gasteiger partial charge in [0, 0.05) is 6.61 Å². The topological polar surface area (TPSA) is 35.5 Å². The van der Waals surface area contributed by atoms with Crippen molar-refractivity contribution >= 4 is 5.97 Å². The van der Waals surface area contributed by atoms with Crippen LogP contribution in [0.25, 0.3) is 0 Å². The number of unbranched alkanes of at least 4 members (excludes halogenated alkanes) is 1. The van der Waals surface area contributed by atoms with Crippen molar-refractivity contribution in [3.05, 3.63) is 12.2 Å². The van der Waals surface area contributed by atoms with Gasteiger partial charge in [-0.25, -0.2) is 4.79 Å². The van der Waals surface area contributed by atoms with Crippen molar-refractivity contribution in [2.75, 3.05) is 13.2 Å². The summed E-state index contributed by atoms with van der Waals surface area (Å²) in [4.78, 5) is 12.1.